The van der Waals surface area contributed by atoms with E-state index in [0.717, 1.165) is 24.3 Å². The van der Waals surface area contributed by atoms with E-state index in [1.165, 1.54) is 120 Å². The molecule has 2 unspecified atom stereocenters. The van der Waals surface area contributed by atoms with Gasteiger partial charge < -0.3 is 47.4 Å². The van der Waals surface area contributed by atoms with Crippen molar-refractivity contribution in [3.8, 4) is 57.5 Å². The SMILES string of the molecule is COc1cc(OC)c(/C=C/C(c2cc(OC)c(OC)cc2[N+](=O)[O-])S(=O)(=O)C(/C=C/c2c(OC)cc(OC)cc2OC)c2cc(OC)c(OC)cc2[N+](=O)[O-])c(OC)c1. The molecule has 4 rings (SSSR count). The lowest BCUT2D eigenvalue weighted by Gasteiger charge is -2.23. The van der Waals surface area contributed by atoms with E-state index in [1.54, 1.807) is 0 Å². The molecule has 0 N–H and O–H groups in total. The molecule has 0 fully saturated rings. The minimum absolute atomic E-state index is 0.0433. The van der Waals surface area contributed by atoms with Crippen molar-refractivity contribution in [2.45, 2.75) is 10.5 Å². The molecular formula is C40H44N2O16S. The van der Waals surface area contributed by atoms with Crippen molar-refractivity contribution in [3.63, 3.8) is 0 Å². The van der Waals surface area contributed by atoms with Crippen molar-refractivity contribution in [1.29, 1.82) is 0 Å². The molecule has 0 saturated heterocycles. The second-order valence-electron chi connectivity index (χ2n) is 12.1. The number of rotatable bonds is 20. The molecule has 19 heteroatoms. The first kappa shape index (κ1) is 44.8. The third-order valence-electron chi connectivity index (χ3n) is 9.16. The zero-order valence-corrected chi connectivity index (χ0v) is 34.7. The minimum atomic E-state index is -5.00. The van der Waals surface area contributed by atoms with Gasteiger partial charge in [0.2, 0.25) is 0 Å². The molecule has 4 aromatic rings. The maximum atomic E-state index is 15.7. The van der Waals surface area contributed by atoms with Crippen LogP contribution >= 0.6 is 0 Å². The monoisotopic (exact) mass is 840 g/mol. The van der Waals surface area contributed by atoms with Crippen molar-refractivity contribution >= 4 is 33.4 Å². The van der Waals surface area contributed by atoms with Gasteiger partial charge in [-0.2, -0.15) is 0 Å². The van der Waals surface area contributed by atoms with E-state index >= 15 is 8.42 Å². The summed E-state index contributed by atoms with van der Waals surface area (Å²) in [5.74, 6) is 1.28. The smallest absolute Gasteiger partial charge is 0.278 e. The lowest BCUT2D eigenvalue weighted by Crippen LogP contribution is -2.21. The predicted octanol–water partition coefficient (Wildman–Crippen LogP) is 7.21. The Kier molecular flexibility index (Phi) is 14.8. The lowest BCUT2D eigenvalue weighted by molar-refractivity contribution is -0.385. The zero-order chi connectivity index (χ0) is 43.6. The highest BCUT2D eigenvalue weighted by molar-refractivity contribution is 7.92. The zero-order valence-electron chi connectivity index (χ0n) is 33.9. The Morgan fingerprint density at radius 1 is 0.441 bits per heavy atom. The third-order valence-corrected chi connectivity index (χ3v) is 11.4. The van der Waals surface area contributed by atoms with Crippen LogP contribution < -0.4 is 47.4 Å². The number of benzene rings is 4. The van der Waals surface area contributed by atoms with Gasteiger partial charge in [0.15, 0.2) is 32.8 Å². The Morgan fingerprint density at radius 3 is 0.949 bits per heavy atom. The molecular weight excluding hydrogens is 797 g/mol. The number of sulfone groups is 1. The highest BCUT2D eigenvalue weighted by Gasteiger charge is 2.41. The quantitative estimate of drug-likeness (QED) is 0.0635. The van der Waals surface area contributed by atoms with E-state index in [4.69, 9.17) is 47.4 Å². The van der Waals surface area contributed by atoms with E-state index in [-0.39, 0.29) is 68.2 Å². The summed E-state index contributed by atoms with van der Waals surface area (Å²) in [5.41, 5.74) is -1.63. The molecule has 0 aromatic heterocycles. The highest BCUT2D eigenvalue weighted by Crippen LogP contribution is 2.49. The van der Waals surface area contributed by atoms with Crippen LogP contribution in [0.1, 0.15) is 32.8 Å². The maximum absolute atomic E-state index is 15.7. The standard InChI is InChI=1S/C40H44N2O16S/c1-49-23-15-31(51-3)25(32(16-23)52-4)11-13-39(27-19-35(55-7)37(57-9)21-29(27)41(43)44)59(47,48)40(28-20-36(56-8)38(58-10)22-30(28)42(45)46)14-12-26-33(53-5)17-24(50-2)18-34(26)54-6/h11-22,39-40H,1-10H3/b13-11+,14-12+. The van der Waals surface area contributed by atoms with Crippen LogP contribution in [0.2, 0.25) is 0 Å². The summed E-state index contributed by atoms with van der Waals surface area (Å²) in [6.07, 6.45) is 5.05. The topological polar surface area (TPSA) is 213 Å². The summed E-state index contributed by atoms with van der Waals surface area (Å²) in [4.78, 5) is 24.0. The Balaban J connectivity index is 2.22. The highest BCUT2D eigenvalue weighted by atomic mass is 32.2. The Bertz CT molecular complexity index is 2150. The fourth-order valence-corrected chi connectivity index (χ4v) is 8.24. The van der Waals surface area contributed by atoms with Gasteiger partial charge in [-0.1, -0.05) is 12.2 Å². The molecule has 0 aliphatic heterocycles. The molecule has 4 aromatic carbocycles. The van der Waals surface area contributed by atoms with Crippen molar-refractivity contribution in [2.75, 3.05) is 71.1 Å². The molecule has 0 bridgehead atoms. The van der Waals surface area contributed by atoms with Crippen LogP contribution in [0.4, 0.5) is 11.4 Å². The fourth-order valence-electron chi connectivity index (χ4n) is 6.24. The molecule has 18 nitrogen and oxygen atoms in total. The Morgan fingerprint density at radius 2 is 0.712 bits per heavy atom. The van der Waals surface area contributed by atoms with Crippen molar-refractivity contribution in [1.82, 2.24) is 0 Å². The fraction of sp³-hybridized carbons (Fsp3) is 0.300. The van der Waals surface area contributed by atoms with Crippen molar-refractivity contribution < 1.29 is 65.6 Å². The van der Waals surface area contributed by atoms with Gasteiger partial charge in [0.1, 0.15) is 45.0 Å². The molecule has 0 amide bonds. The number of hydrogen-bond donors (Lipinski definition) is 0. The largest absolute Gasteiger partial charge is 0.496 e. The lowest BCUT2D eigenvalue weighted by atomic mass is 10.0. The summed E-state index contributed by atoms with van der Waals surface area (Å²) in [7, 11) is 8.42. The van der Waals surface area contributed by atoms with Crippen LogP contribution in [0.3, 0.4) is 0 Å². The Labute approximate surface area is 340 Å². The first-order valence-corrected chi connectivity index (χ1v) is 18.8. The molecule has 0 heterocycles. The molecule has 316 valence electrons. The van der Waals surface area contributed by atoms with Gasteiger partial charge in [-0.25, -0.2) is 8.42 Å². The second kappa shape index (κ2) is 19.5. The van der Waals surface area contributed by atoms with Crippen LogP contribution in [0.15, 0.2) is 60.7 Å². The summed E-state index contributed by atoms with van der Waals surface area (Å²) in [6, 6.07) is 10.5. The van der Waals surface area contributed by atoms with Crippen LogP contribution in [0, 0.1) is 20.2 Å². The Hall–Kier alpha value is -6.89. The number of ether oxygens (including phenoxy) is 10. The summed E-state index contributed by atoms with van der Waals surface area (Å²) in [6.45, 7) is 0. The minimum Gasteiger partial charge on any atom is -0.496 e. The number of nitro benzene ring substituents is 2. The van der Waals surface area contributed by atoms with E-state index in [9.17, 15) is 20.2 Å². The van der Waals surface area contributed by atoms with E-state index < -0.39 is 41.6 Å². The van der Waals surface area contributed by atoms with Crippen LogP contribution in [-0.4, -0.2) is 89.4 Å². The molecule has 0 aliphatic rings. The van der Waals surface area contributed by atoms with Crippen molar-refractivity contribution in [2.24, 2.45) is 0 Å². The number of nitrogens with zero attached hydrogens (tertiary/aromatic N) is 2. The number of hydrogen-bond acceptors (Lipinski definition) is 16. The summed E-state index contributed by atoms with van der Waals surface area (Å²) < 4.78 is 86.1. The molecule has 0 aliphatic carbocycles. The van der Waals surface area contributed by atoms with Crippen LogP contribution in [0.25, 0.3) is 12.2 Å². The molecule has 2 atom stereocenters. The second-order valence-corrected chi connectivity index (χ2v) is 14.3. The normalized spacial score (nSPS) is 12.4. The van der Waals surface area contributed by atoms with E-state index in [2.05, 4.69) is 0 Å². The van der Waals surface area contributed by atoms with Gasteiger partial charge in [0.25, 0.3) is 11.4 Å². The average molecular weight is 841 g/mol. The van der Waals surface area contributed by atoms with Crippen LogP contribution in [0.5, 0.6) is 57.5 Å². The molecule has 0 saturated carbocycles. The van der Waals surface area contributed by atoms with Gasteiger partial charge in [0.05, 0.1) is 115 Å². The van der Waals surface area contributed by atoms with Gasteiger partial charge in [-0.15, -0.1) is 0 Å². The van der Waals surface area contributed by atoms with Gasteiger partial charge >= 0.3 is 0 Å². The first-order valence-electron chi connectivity index (χ1n) is 17.2. The molecule has 0 radical (unpaired) electrons. The van der Waals surface area contributed by atoms with Gasteiger partial charge in [0, 0.05) is 24.3 Å². The number of nitro groups is 2. The van der Waals surface area contributed by atoms with Crippen LogP contribution in [-0.2, 0) is 9.84 Å². The van der Waals surface area contributed by atoms with Crippen molar-refractivity contribution in [3.05, 3.63) is 103 Å². The average Bonchev–Trinajstić information content (AvgIpc) is 3.24. The third kappa shape index (κ3) is 9.30. The van der Waals surface area contributed by atoms with Gasteiger partial charge in [-0.05, 0) is 24.3 Å². The maximum Gasteiger partial charge on any atom is 0.278 e. The summed E-state index contributed by atoms with van der Waals surface area (Å²) in [5, 5.41) is 21.6. The first-order chi connectivity index (χ1) is 28.2. The van der Waals surface area contributed by atoms with E-state index in [0.29, 0.717) is 11.5 Å². The van der Waals surface area contributed by atoms with Gasteiger partial charge in [-0.3, -0.25) is 20.2 Å². The molecule has 59 heavy (non-hydrogen) atoms. The predicted molar refractivity (Wildman–Crippen MR) is 217 cm³/mol. The summed E-state index contributed by atoms with van der Waals surface area (Å²) >= 11 is 0. The van der Waals surface area contributed by atoms with E-state index in [1.807, 2.05) is 0 Å². The molecule has 0 spiro atoms. The number of methoxy groups -OCH3 is 10.